The standard InChI is InChI=1S/C33H49NO11/c1-19-11-9-7-5-4-6-8-10-12-23(43-32-31(39)29(34)30(38)21(3)42-32)16-26-20(2)24(36)18-33(40,45-26)17-22(35)15-27-25(44-27)13-14-28(37)41-19/h4-10,12-14,19-27,29-32,35-36,38-40H,11,15-18,34H2,1-3H3/b5-4+,8-6+,9-7+,12-10+,14-13+/t19-,20-,21?,22?,23+,24?,25?,26+,27-,29?,30-,31?,32+,33-/m1/s1. The number of aliphatic hydroxyl groups is 5. The van der Waals surface area contributed by atoms with Gasteiger partial charge in [0.05, 0.1) is 48.8 Å². The summed E-state index contributed by atoms with van der Waals surface area (Å²) in [5.41, 5.74) is 6.01. The van der Waals surface area contributed by atoms with E-state index in [0.717, 1.165) is 0 Å². The molecule has 3 saturated heterocycles. The van der Waals surface area contributed by atoms with E-state index in [1.54, 1.807) is 45.1 Å². The highest BCUT2D eigenvalue weighted by Gasteiger charge is 2.48. The molecular formula is C33H49NO11. The van der Waals surface area contributed by atoms with Crippen molar-refractivity contribution < 1.29 is 54.0 Å². The largest absolute Gasteiger partial charge is 0.459 e. The van der Waals surface area contributed by atoms with E-state index in [2.05, 4.69) is 0 Å². The first-order chi connectivity index (χ1) is 21.3. The Bertz CT molecular complexity index is 1120. The van der Waals surface area contributed by atoms with Crippen LogP contribution in [0, 0.1) is 5.92 Å². The summed E-state index contributed by atoms with van der Waals surface area (Å²) >= 11 is 0. The average Bonchev–Trinajstić information content (AvgIpc) is 3.71. The Kier molecular flexibility index (Phi) is 12.7. The Morgan fingerprint density at radius 1 is 0.889 bits per heavy atom. The second kappa shape index (κ2) is 16.1. The second-order valence-electron chi connectivity index (χ2n) is 12.6. The summed E-state index contributed by atoms with van der Waals surface area (Å²) in [7, 11) is 0. The molecule has 0 aliphatic carbocycles. The third-order valence-electron chi connectivity index (χ3n) is 8.67. The van der Waals surface area contributed by atoms with Gasteiger partial charge < -0.3 is 55.0 Å². The Hall–Kier alpha value is -2.23. The van der Waals surface area contributed by atoms with Crippen molar-refractivity contribution in [2.45, 2.75) is 132 Å². The summed E-state index contributed by atoms with van der Waals surface area (Å²) in [5, 5.41) is 54.0. The fourth-order valence-corrected chi connectivity index (χ4v) is 5.84. The topological polar surface area (TPSA) is 194 Å². The van der Waals surface area contributed by atoms with Crippen molar-refractivity contribution in [2.75, 3.05) is 0 Å². The molecule has 12 heteroatoms. The fourth-order valence-electron chi connectivity index (χ4n) is 5.84. The van der Waals surface area contributed by atoms with E-state index in [9.17, 15) is 30.3 Å². The van der Waals surface area contributed by atoms with Gasteiger partial charge in [-0.05, 0) is 19.9 Å². The monoisotopic (exact) mass is 635 g/mol. The van der Waals surface area contributed by atoms with Crippen molar-refractivity contribution >= 4 is 5.97 Å². The Balaban J connectivity index is 1.53. The lowest BCUT2D eigenvalue weighted by atomic mass is 9.84. The van der Waals surface area contributed by atoms with Crippen molar-refractivity contribution in [3.63, 3.8) is 0 Å². The number of fused-ring (bicyclic) bond motifs is 3. The van der Waals surface area contributed by atoms with E-state index >= 15 is 0 Å². The summed E-state index contributed by atoms with van der Waals surface area (Å²) in [6, 6.07) is -0.977. The van der Waals surface area contributed by atoms with Crippen LogP contribution in [-0.2, 0) is 28.5 Å². The zero-order chi connectivity index (χ0) is 32.7. The number of esters is 1. The van der Waals surface area contributed by atoms with Gasteiger partial charge in [0.2, 0.25) is 0 Å². The van der Waals surface area contributed by atoms with Crippen molar-refractivity contribution in [3.05, 3.63) is 60.8 Å². The number of carbonyl (C=O) groups excluding carboxylic acids is 1. The van der Waals surface area contributed by atoms with Crippen LogP contribution in [0.1, 0.15) is 52.9 Å². The quantitative estimate of drug-likeness (QED) is 0.187. The molecule has 6 unspecified atom stereocenters. The molecule has 0 saturated carbocycles. The molecule has 12 nitrogen and oxygen atoms in total. The van der Waals surface area contributed by atoms with Crippen LogP contribution in [0.3, 0.4) is 0 Å². The zero-order valence-electron chi connectivity index (χ0n) is 26.1. The van der Waals surface area contributed by atoms with E-state index in [1.165, 1.54) is 6.08 Å². The predicted molar refractivity (Wildman–Crippen MR) is 163 cm³/mol. The number of hydrogen-bond acceptors (Lipinski definition) is 12. The van der Waals surface area contributed by atoms with Gasteiger partial charge in [-0.3, -0.25) is 0 Å². The minimum Gasteiger partial charge on any atom is -0.459 e. The number of rotatable bonds is 2. The van der Waals surface area contributed by atoms with Crippen LogP contribution in [0.15, 0.2) is 60.8 Å². The molecule has 0 radical (unpaired) electrons. The number of carbonyl (C=O) groups is 1. The highest BCUT2D eigenvalue weighted by atomic mass is 16.7. The van der Waals surface area contributed by atoms with E-state index < -0.39 is 72.7 Å². The third kappa shape index (κ3) is 10.4. The van der Waals surface area contributed by atoms with E-state index in [-0.39, 0.29) is 44.0 Å². The normalized spacial score (nSPS) is 48.9. The number of nitrogens with two attached hydrogens (primary N) is 1. The van der Waals surface area contributed by atoms with Crippen LogP contribution in [-0.4, -0.2) is 111 Å². The van der Waals surface area contributed by atoms with Gasteiger partial charge >= 0.3 is 5.97 Å². The lowest BCUT2D eigenvalue weighted by Gasteiger charge is -2.45. The molecule has 4 aliphatic heterocycles. The Labute approximate surface area is 264 Å². The van der Waals surface area contributed by atoms with Gasteiger partial charge in [-0.15, -0.1) is 0 Å². The maximum atomic E-state index is 12.2. The van der Waals surface area contributed by atoms with E-state index in [1.807, 2.05) is 30.4 Å². The van der Waals surface area contributed by atoms with Crippen molar-refractivity contribution in [1.82, 2.24) is 0 Å². The molecule has 4 heterocycles. The Morgan fingerprint density at radius 2 is 1.60 bits per heavy atom. The summed E-state index contributed by atoms with van der Waals surface area (Å²) in [6.07, 6.45) is 9.53. The Morgan fingerprint density at radius 3 is 2.36 bits per heavy atom. The molecule has 4 aliphatic rings. The van der Waals surface area contributed by atoms with Crippen LogP contribution in [0.5, 0.6) is 0 Å². The smallest absolute Gasteiger partial charge is 0.330 e. The third-order valence-corrected chi connectivity index (χ3v) is 8.67. The van der Waals surface area contributed by atoms with Gasteiger partial charge in [-0.2, -0.15) is 0 Å². The summed E-state index contributed by atoms with van der Waals surface area (Å²) in [6.45, 7) is 5.24. The van der Waals surface area contributed by atoms with Crippen molar-refractivity contribution in [1.29, 1.82) is 0 Å². The zero-order valence-corrected chi connectivity index (χ0v) is 26.1. The predicted octanol–water partition coefficient (Wildman–Crippen LogP) is 1.06. The van der Waals surface area contributed by atoms with Gasteiger partial charge in [0.25, 0.3) is 0 Å². The highest BCUT2D eigenvalue weighted by Crippen LogP contribution is 2.38. The lowest BCUT2D eigenvalue weighted by molar-refractivity contribution is -0.308. The first-order valence-corrected chi connectivity index (χ1v) is 15.7. The number of epoxide rings is 1. The minimum absolute atomic E-state index is 0.0970. The molecule has 0 aromatic rings. The van der Waals surface area contributed by atoms with Gasteiger partial charge in [0.1, 0.15) is 18.3 Å². The van der Waals surface area contributed by atoms with Crippen LogP contribution >= 0.6 is 0 Å². The molecular weight excluding hydrogens is 586 g/mol. The van der Waals surface area contributed by atoms with E-state index in [0.29, 0.717) is 6.42 Å². The molecule has 0 aromatic carbocycles. The van der Waals surface area contributed by atoms with Crippen LogP contribution in [0.2, 0.25) is 0 Å². The molecule has 252 valence electrons. The molecule has 2 bridgehead atoms. The highest BCUT2D eigenvalue weighted by molar-refractivity contribution is 5.82. The number of cyclic esters (lactones) is 1. The number of allylic oxidation sites excluding steroid dienone is 6. The van der Waals surface area contributed by atoms with Gasteiger partial charge in [0, 0.05) is 44.1 Å². The molecule has 3 fully saturated rings. The number of aliphatic hydroxyl groups excluding tert-OH is 4. The van der Waals surface area contributed by atoms with Gasteiger partial charge in [-0.25, -0.2) is 4.79 Å². The van der Waals surface area contributed by atoms with E-state index in [4.69, 9.17) is 29.4 Å². The first kappa shape index (κ1) is 35.6. The summed E-state index contributed by atoms with van der Waals surface area (Å²) in [4.78, 5) is 12.2. The maximum Gasteiger partial charge on any atom is 0.330 e. The fraction of sp³-hybridized carbons (Fsp3) is 0.667. The first-order valence-electron chi connectivity index (χ1n) is 15.7. The minimum atomic E-state index is -1.82. The van der Waals surface area contributed by atoms with Gasteiger partial charge in [-0.1, -0.05) is 55.5 Å². The molecule has 0 aromatic heterocycles. The molecule has 0 amide bonds. The molecule has 4 rings (SSSR count). The number of hydrogen-bond donors (Lipinski definition) is 6. The van der Waals surface area contributed by atoms with Crippen molar-refractivity contribution in [3.8, 4) is 0 Å². The molecule has 7 N–H and O–H groups in total. The molecule has 0 spiro atoms. The lowest BCUT2D eigenvalue weighted by Crippen LogP contribution is -2.61. The summed E-state index contributed by atoms with van der Waals surface area (Å²) in [5.74, 6) is -2.70. The SMILES string of the molecule is CC1O[C@@H](O[C@H]2/C=C/C=C/C=C/C=C/C[C@@H](C)OC(=O)/C=C/C3O[C@@H]3CC(O)C[C@]3(O)CC(O)[C@@H](C)[C@H](C2)O3)C(O)C(N)[C@@H]1O. The van der Waals surface area contributed by atoms with Crippen LogP contribution < -0.4 is 5.73 Å². The second-order valence-corrected chi connectivity index (χ2v) is 12.6. The maximum absolute atomic E-state index is 12.2. The number of ether oxygens (including phenoxy) is 5. The van der Waals surface area contributed by atoms with Crippen molar-refractivity contribution in [2.24, 2.45) is 11.7 Å². The molecule has 45 heavy (non-hydrogen) atoms. The van der Waals surface area contributed by atoms with Crippen LogP contribution in [0.25, 0.3) is 0 Å². The summed E-state index contributed by atoms with van der Waals surface area (Å²) < 4.78 is 29.0. The molecule has 14 atom stereocenters. The van der Waals surface area contributed by atoms with Gasteiger partial charge in [0.15, 0.2) is 12.1 Å². The van der Waals surface area contributed by atoms with Crippen LogP contribution in [0.4, 0.5) is 0 Å². The average molecular weight is 636 g/mol.